The first-order valence-electron chi connectivity index (χ1n) is 10.8. The molecule has 4 heteroatoms. The van der Waals surface area contributed by atoms with Gasteiger partial charge in [0.2, 0.25) is 0 Å². The Kier molecular flexibility index (Phi) is 7.54. The van der Waals surface area contributed by atoms with Gasteiger partial charge in [-0.2, -0.15) is 0 Å². The maximum Gasteiger partial charge on any atom is 0.308 e. The van der Waals surface area contributed by atoms with Crippen molar-refractivity contribution in [2.75, 3.05) is 13.7 Å². The summed E-state index contributed by atoms with van der Waals surface area (Å²) in [5, 5.41) is 19.3. The minimum atomic E-state index is -0.264. The van der Waals surface area contributed by atoms with Crippen LogP contribution >= 0.6 is 0 Å². The molecule has 0 aromatic heterocycles. The highest BCUT2D eigenvalue weighted by atomic mass is 16.5. The summed E-state index contributed by atoms with van der Waals surface area (Å²) in [6, 6.07) is 0. The van der Waals surface area contributed by atoms with Gasteiger partial charge in [-0.3, -0.25) is 4.79 Å². The molecule has 0 amide bonds. The van der Waals surface area contributed by atoms with E-state index in [0.29, 0.717) is 17.8 Å². The Bertz CT molecular complexity index is 547. The lowest BCUT2D eigenvalue weighted by Gasteiger charge is -2.28. The summed E-state index contributed by atoms with van der Waals surface area (Å²) < 4.78 is 5.10. The zero-order valence-electron chi connectivity index (χ0n) is 16.7. The van der Waals surface area contributed by atoms with Crippen LogP contribution in [0.5, 0.6) is 0 Å². The topological polar surface area (TPSA) is 66.8 Å². The number of carbonyl (C=O) groups excluding carboxylic acids is 1. The van der Waals surface area contributed by atoms with E-state index in [-0.39, 0.29) is 30.5 Å². The van der Waals surface area contributed by atoms with Crippen LogP contribution in [0.25, 0.3) is 0 Å². The maximum atomic E-state index is 12.3. The van der Waals surface area contributed by atoms with Crippen molar-refractivity contribution in [3.05, 3.63) is 23.8 Å². The molecule has 152 valence electrons. The number of aliphatic hydroxyl groups excluding tert-OH is 2. The molecule has 0 saturated heterocycles. The summed E-state index contributed by atoms with van der Waals surface area (Å²) >= 11 is 0. The van der Waals surface area contributed by atoms with Gasteiger partial charge in [0, 0.05) is 5.92 Å². The van der Waals surface area contributed by atoms with E-state index >= 15 is 0 Å². The molecular formula is C23H36O4. The van der Waals surface area contributed by atoms with Crippen LogP contribution < -0.4 is 0 Å². The molecule has 0 radical (unpaired) electrons. The number of hydrogen-bond acceptors (Lipinski definition) is 4. The Hall–Kier alpha value is -1.13. The molecule has 1 unspecified atom stereocenters. The molecule has 4 nitrogen and oxygen atoms in total. The highest BCUT2D eigenvalue weighted by Crippen LogP contribution is 2.50. The van der Waals surface area contributed by atoms with Gasteiger partial charge in [0.15, 0.2) is 0 Å². The SMILES string of the molecule is COC(=O)C(CCC=C1C[C@@H]2C[C@@H](O)[C@H](C=CCO)[C@H]2C1)C1CCCCC1. The standard InChI is InChI=1S/C23H36O4/c1-27-23(26)19(17-8-3-2-4-9-17)10-5-7-16-13-18-15-22(25)20(11-6-12-24)21(18)14-16/h6-7,11,17-22,24-25H,2-5,8-10,12-15H2,1H3/t18-,19?,20-,21+,22-/m1/s1. The van der Waals surface area contributed by atoms with Crippen LogP contribution in [0.4, 0.5) is 0 Å². The molecule has 0 aliphatic heterocycles. The van der Waals surface area contributed by atoms with Crippen molar-refractivity contribution in [2.24, 2.45) is 29.6 Å². The molecule has 0 aromatic rings. The summed E-state index contributed by atoms with van der Waals surface area (Å²) in [5.74, 6) is 1.77. The Labute approximate surface area is 163 Å². The summed E-state index contributed by atoms with van der Waals surface area (Å²) in [6.45, 7) is 0.0411. The first-order valence-corrected chi connectivity index (χ1v) is 10.8. The van der Waals surface area contributed by atoms with Crippen LogP contribution in [0, 0.1) is 29.6 Å². The van der Waals surface area contributed by atoms with Crippen molar-refractivity contribution in [3.63, 3.8) is 0 Å². The Morgan fingerprint density at radius 2 is 2.04 bits per heavy atom. The average Bonchev–Trinajstić information content (AvgIpc) is 3.20. The number of carbonyl (C=O) groups is 1. The van der Waals surface area contributed by atoms with E-state index in [2.05, 4.69) is 6.08 Å². The molecule has 0 spiro atoms. The van der Waals surface area contributed by atoms with E-state index in [1.165, 1.54) is 31.9 Å². The lowest BCUT2D eigenvalue weighted by molar-refractivity contribution is -0.148. The fraction of sp³-hybridized carbons (Fsp3) is 0.783. The number of fused-ring (bicyclic) bond motifs is 1. The second kappa shape index (κ2) is 9.88. The third kappa shape index (κ3) is 5.03. The predicted molar refractivity (Wildman–Crippen MR) is 106 cm³/mol. The van der Waals surface area contributed by atoms with E-state index < -0.39 is 0 Å². The summed E-state index contributed by atoms with van der Waals surface area (Å²) in [6.07, 6.45) is 16.8. The van der Waals surface area contributed by atoms with Crippen molar-refractivity contribution in [1.82, 2.24) is 0 Å². The van der Waals surface area contributed by atoms with Gasteiger partial charge < -0.3 is 14.9 Å². The fourth-order valence-electron chi connectivity index (χ4n) is 5.86. The molecular weight excluding hydrogens is 340 g/mol. The Morgan fingerprint density at radius 3 is 2.74 bits per heavy atom. The number of allylic oxidation sites excluding steroid dienone is 2. The summed E-state index contributed by atoms with van der Waals surface area (Å²) in [4.78, 5) is 12.3. The maximum absolute atomic E-state index is 12.3. The molecule has 0 bridgehead atoms. The number of aliphatic hydroxyl groups is 2. The van der Waals surface area contributed by atoms with Crippen LogP contribution in [-0.4, -0.2) is 36.0 Å². The molecule has 5 atom stereocenters. The largest absolute Gasteiger partial charge is 0.469 e. The Morgan fingerprint density at radius 1 is 1.26 bits per heavy atom. The highest BCUT2D eigenvalue weighted by molar-refractivity contribution is 5.72. The molecule has 27 heavy (non-hydrogen) atoms. The minimum absolute atomic E-state index is 0.0269. The van der Waals surface area contributed by atoms with Gasteiger partial charge in [-0.15, -0.1) is 0 Å². The third-order valence-electron chi connectivity index (χ3n) is 7.21. The van der Waals surface area contributed by atoms with Crippen LogP contribution in [0.2, 0.25) is 0 Å². The number of ether oxygens (including phenoxy) is 1. The number of hydrogen-bond donors (Lipinski definition) is 2. The second-order valence-corrected chi connectivity index (χ2v) is 8.79. The van der Waals surface area contributed by atoms with Gasteiger partial charge in [0.1, 0.15) is 0 Å². The third-order valence-corrected chi connectivity index (χ3v) is 7.21. The molecule has 0 aromatic carbocycles. The average molecular weight is 377 g/mol. The van der Waals surface area contributed by atoms with Gasteiger partial charge in [0.05, 0.1) is 25.7 Å². The van der Waals surface area contributed by atoms with Gasteiger partial charge in [0.25, 0.3) is 0 Å². The monoisotopic (exact) mass is 376 g/mol. The molecule has 3 aliphatic rings. The fourth-order valence-corrected chi connectivity index (χ4v) is 5.86. The van der Waals surface area contributed by atoms with Crippen molar-refractivity contribution in [1.29, 1.82) is 0 Å². The predicted octanol–water partition coefficient (Wildman–Crippen LogP) is 4.02. The van der Waals surface area contributed by atoms with E-state index in [4.69, 9.17) is 9.84 Å². The van der Waals surface area contributed by atoms with E-state index in [9.17, 15) is 9.90 Å². The van der Waals surface area contributed by atoms with E-state index in [0.717, 1.165) is 44.9 Å². The van der Waals surface area contributed by atoms with Gasteiger partial charge >= 0.3 is 5.97 Å². The normalized spacial score (nSPS) is 34.3. The van der Waals surface area contributed by atoms with Crippen LogP contribution in [0.15, 0.2) is 23.8 Å². The lowest BCUT2D eigenvalue weighted by Crippen LogP contribution is -2.26. The smallest absolute Gasteiger partial charge is 0.308 e. The van der Waals surface area contributed by atoms with Crippen molar-refractivity contribution in [2.45, 2.75) is 70.3 Å². The van der Waals surface area contributed by atoms with E-state index in [1.807, 2.05) is 6.08 Å². The first-order chi connectivity index (χ1) is 13.1. The quantitative estimate of drug-likeness (QED) is 0.520. The minimum Gasteiger partial charge on any atom is -0.469 e. The highest BCUT2D eigenvalue weighted by Gasteiger charge is 2.44. The van der Waals surface area contributed by atoms with Crippen molar-refractivity contribution < 1.29 is 19.7 Å². The molecule has 0 heterocycles. The zero-order chi connectivity index (χ0) is 19.2. The summed E-state index contributed by atoms with van der Waals surface area (Å²) in [5.41, 5.74) is 1.49. The molecule has 2 N–H and O–H groups in total. The van der Waals surface area contributed by atoms with Gasteiger partial charge in [-0.1, -0.05) is 43.1 Å². The molecule has 3 fully saturated rings. The van der Waals surface area contributed by atoms with Crippen molar-refractivity contribution in [3.8, 4) is 0 Å². The number of rotatable bonds is 7. The van der Waals surface area contributed by atoms with Gasteiger partial charge in [-0.05, 0) is 62.7 Å². The van der Waals surface area contributed by atoms with Crippen molar-refractivity contribution >= 4 is 5.97 Å². The lowest BCUT2D eigenvalue weighted by atomic mass is 9.78. The molecule has 3 aliphatic carbocycles. The summed E-state index contributed by atoms with van der Waals surface area (Å²) in [7, 11) is 1.51. The van der Waals surface area contributed by atoms with Crippen LogP contribution in [0.1, 0.15) is 64.2 Å². The van der Waals surface area contributed by atoms with E-state index in [1.54, 1.807) is 6.08 Å². The number of esters is 1. The zero-order valence-corrected chi connectivity index (χ0v) is 16.7. The first kappa shape index (κ1) is 20.6. The molecule has 3 rings (SSSR count). The number of methoxy groups -OCH3 is 1. The molecule has 3 saturated carbocycles. The van der Waals surface area contributed by atoms with Gasteiger partial charge in [-0.25, -0.2) is 0 Å². The second-order valence-electron chi connectivity index (χ2n) is 8.79. The van der Waals surface area contributed by atoms with Crippen LogP contribution in [0.3, 0.4) is 0 Å². The Balaban J connectivity index is 1.55. The van der Waals surface area contributed by atoms with Crippen LogP contribution in [-0.2, 0) is 9.53 Å².